The van der Waals surface area contributed by atoms with Crippen molar-refractivity contribution in [3.8, 4) is 5.75 Å². The Morgan fingerprint density at radius 2 is 1.73 bits per heavy atom. The van der Waals surface area contributed by atoms with Crippen molar-refractivity contribution in [2.75, 3.05) is 23.0 Å². The Morgan fingerprint density at radius 3 is 2.33 bits per heavy atom. The molecule has 4 rings (SSSR count). The Balaban J connectivity index is 1.39. The number of hydrogen-bond donors (Lipinski definition) is 0. The Bertz CT molecular complexity index is 1010. The van der Waals surface area contributed by atoms with Gasteiger partial charge in [-0.25, -0.2) is 0 Å². The maximum absolute atomic E-state index is 13.3. The molecule has 0 aliphatic carbocycles. The highest BCUT2D eigenvalue weighted by atomic mass is 35.5. The summed E-state index contributed by atoms with van der Waals surface area (Å²) >= 11 is 12.4. The highest BCUT2D eigenvalue weighted by Gasteiger charge is 2.47. The predicted octanol–water partition coefficient (Wildman–Crippen LogP) is 7.19. The Labute approximate surface area is 201 Å². The summed E-state index contributed by atoms with van der Waals surface area (Å²) in [6, 6.07) is 12.3. The standard InChI is InChI=1S/C24H26Cl2F3N3O/c1-3-21-15(2)23(24(27,28)29)30-32(21)17-5-7-18(8-6-17)33-19-10-12-31(13-11-19)22-14-16(25)4-9-20(22)26/h4-9,14-15,19,21H,3,10-13H2,1-2H3/t15?,21-/m0/s1. The fraction of sp³-hybridized carbons (Fsp3) is 0.458. The van der Waals surface area contributed by atoms with Crippen molar-refractivity contribution in [1.29, 1.82) is 0 Å². The molecule has 9 heteroatoms. The van der Waals surface area contributed by atoms with E-state index in [1.54, 1.807) is 43.3 Å². The van der Waals surface area contributed by atoms with Gasteiger partial charge in [-0.1, -0.05) is 37.0 Å². The van der Waals surface area contributed by atoms with E-state index in [-0.39, 0.29) is 12.1 Å². The minimum Gasteiger partial charge on any atom is -0.490 e. The van der Waals surface area contributed by atoms with Crippen LogP contribution >= 0.6 is 23.2 Å². The van der Waals surface area contributed by atoms with Gasteiger partial charge in [-0.3, -0.25) is 5.01 Å². The molecule has 0 spiro atoms. The van der Waals surface area contributed by atoms with E-state index in [1.165, 1.54) is 5.01 Å². The molecule has 0 bridgehead atoms. The zero-order chi connectivity index (χ0) is 23.8. The average molecular weight is 500 g/mol. The van der Waals surface area contributed by atoms with Gasteiger partial charge in [-0.2, -0.15) is 18.3 Å². The summed E-state index contributed by atoms with van der Waals surface area (Å²) in [5, 5.41) is 6.73. The number of ether oxygens (including phenoxy) is 1. The molecule has 1 fully saturated rings. The molecular weight excluding hydrogens is 474 g/mol. The van der Waals surface area contributed by atoms with Crippen molar-refractivity contribution < 1.29 is 17.9 Å². The zero-order valence-corrected chi connectivity index (χ0v) is 20.0. The van der Waals surface area contributed by atoms with Crippen molar-refractivity contribution in [2.24, 2.45) is 11.0 Å². The second-order valence-electron chi connectivity index (χ2n) is 8.49. The van der Waals surface area contributed by atoms with Gasteiger partial charge >= 0.3 is 6.18 Å². The molecule has 2 aromatic carbocycles. The smallest absolute Gasteiger partial charge is 0.431 e. The van der Waals surface area contributed by atoms with Crippen LogP contribution in [0, 0.1) is 5.92 Å². The molecule has 4 nitrogen and oxygen atoms in total. The summed E-state index contributed by atoms with van der Waals surface area (Å²) in [7, 11) is 0. The van der Waals surface area contributed by atoms with Gasteiger partial charge in [-0.05, 0) is 48.9 Å². The molecule has 2 aliphatic heterocycles. The number of hydrazone groups is 1. The fourth-order valence-electron chi connectivity index (χ4n) is 4.58. The summed E-state index contributed by atoms with van der Waals surface area (Å²) < 4.78 is 46.1. The first-order chi connectivity index (χ1) is 15.7. The van der Waals surface area contributed by atoms with E-state index < -0.39 is 17.8 Å². The van der Waals surface area contributed by atoms with Crippen molar-refractivity contribution in [3.05, 3.63) is 52.5 Å². The van der Waals surface area contributed by atoms with Crippen LogP contribution in [-0.2, 0) is 0 Å². The third-order valence-corrected chi connectivity index (χ3v) is 6.90. The highest BCUT2D eigenvalue weighted by Crippen LogP contribution is 2.37. The van der Waals surface area contributed by atoms with E-state index in [0.717, 1.165) is 31.6 Å². The third-order valence-electron chi connectivity index (χ3n) is 6.34. The van der Waals surface area contributed by atoms with Crippen LogP contribution in [0.25, 0.3) is 0 Å². The Kier molecular flexibility index (Phi) is 7.01. The first-order valence-electron chi connectivity index (χ1n) is 11.1. The summed E-state index contributed by atoms with van der Waals surface area (Å²) in [6.45, 7) is 5.05. The molecule has 2 heterocycles. The molecule has 0 radical (unpaired) electrons. The van der Waals surface area contributed by atoms with Gasteiger partial charge in [0.05, 0.1) is 22.4 Å². The van der Waals surface area contributed by atoms with Gasteiger partial charge in [0.1, 0.15) is 17.6 Å². The number of rotatable bonds is 5. The fourth-order valence-corrected chi connectivity index (χ4v) is 4.98. The maximum Gasteiger partial charge on any atom is 0.431 e. The van der Waals surface area contributed by atoms with Crippen LogP contribution in [0.3, 0.4) is 0 Å². The van der Waals surface area contributed by atoms with Crippen molar-refractivity contribution in [2.45, 2.75) is 51.4 Å². The summed E-state index contributed by atoms with van der Waals surface area (Å²) in [6.07, 6.45) is -2.15. The lowest BCUT2D eigenvalue weighted by Gasteiger charge is -2.34. The number of piperidine rings is 1. The van der Waals surface area contributed by atoms with Gasteiger partial charge in [0.15, 0.2) is 0 Å². The topological polar surface area (TPSA) is 28.1 Å². The Hall–Kier alpha value is -2.12. The van der Waals surface area contributed by atoms with E-state index >= 15 is 0 Å². The molecule has 33 heavy (non-hydrogen) atoms. The summed E-state index contributed by atoms with van der Waals surface area (Å²) in [5.41, 5.74) is 0.836. The normalized spacial score (nSPS) is 22.0. The lowest BCUT2D eigenvalue weighted by Crippen LogP contribution is -2.38. The molecule has 0 aromatic heterocycles. The van der Waals surface area contributed by atoms with E-state index in [0.29, 0.717) is 27.9 Å². The van der Waals surface area contributed by atoms with E-state index in [2.05, 4.69) is 10.0 Å². The molecule has 0 amide bonds. The molecule has 2 aliphatic rings. The monoisotopic (exact) mass is 499 g/mol. The summed E-state index contributed by atoms with van der Waals surface area (Å²) in [5.74, 6) is 0.0161. The van der Waals surface area contributed by atoms with E-state index in [4.69, 9.17) is 27.9 Å². The molecule has 2 atom stereocenters. The molecular formula is C24H26Cl2F3N3O. The molecule has 178 valence electrons. The second kappa shape index (κ2) is 9.63. The Morgan fingerprint density at radius 1 is 1.06 bits per heavy atom. The molecule has 1 saturated heterocycles. The first-order valence-corrected chi connectivity index (χ1v) is 11.8. The molecule has 1 unspecified atom stereocenters. The minimum atomic E-state index is -4.42. The van der Waals surface area contributed by atoms with Crippen LogP contribution in [0.5, 0.6) is 5.75 Å². The zero-order valence-electron chi connectivity index (χ0n) is 18.4. The molecule has 0 saturated carbocycles. The number of hydrogen-bond acceptors (Lipinski definition) is 4. The third kappa shape index (κ3) is 5.19. The van der Waals surface area contributed by atoms with Crippen molar-refractivity contribution in [1.82, 2.24) is 0 Å². The van der Waals surface area contributed by atoms with Crippen LogP contribution in [0.1, 0.15) is 33.1 Å². The van der Waals surface area contributed by atoms with Gasteiger partial charge in [0.25, 0.3) is 0 Å². The second-order valence-corrected chi connectivity index (χ2v) is 9.33. The number of nitrogens with zero attached hydrogens (tertiary/aromatic N) is 3. The average Bonchev–Trinajstić information content (AvgIpc) is 3.13. The van der Waals surface area contributed by atoms with Crippen molar-refractivity contribution >= 4 is 40.3 Å². The lowest BCUT2D eigenvalue weighted by atomic mass is 9.95. The van der Waals surface area contributed by atoms with Gasteiger partial charge in [0.2, 0.25) is 0 Å². The van der Waals surface area contributed by atoms with Crippen molar-refractivity contribution in [3.63, 3.8) is 0 Å². The predicted molar refractivity (Wildman–Crippen MR) is 128 cm³/mol. The quantitative estimate of drug-likeness (QED) is 0.435. The van der Waals surface area contributed by atoms with Crippen LogP contribution in [0.4, 0.5) is 24.5 Å². The van der Waals surface area contributed by atoms with Gasteiger partial charge < -0.3 is 9.64 Å². The minimum absolute atomic E-state index is 0.0510. The number of anilines is 2. The molecule has 0 N–H and O–H groups in total. The van der Waals surface area contributed by atoms with E-state index in [1.807, 2.05) is 13.0 Å². The first kappa shape index (κ1) is 24.0. The number of benzene rings is 2. The van der Waals surface area contributed by atoms with Gasteiger partial charge in [-0.15, -0.1) is 0 Å². The lowest BCUT2D eigenvalue weighted by molar-refractivity contribution is -0.0620. The van der Waals surface area contributed by atoms with Crippen LogP contribution in [0.15, 0.2) is 47.6 Å². The van der Waals surface area contributed by atoms with Crippen LogP contribution in [0.2, 0.25) is 10.0 Å². The maximum atomic E-state index is 13.3. The molecule has 2 aromatic rings. The van der Waals surface area contributed by atoms with Gasteiger partial charge in [0, 0.05) is 36.9 Å². The number of alkyl halides is 3. The number of halogens is 5. The largest absolute Gasteiger partial charge is 0.490 e. The highest BCUT2D eigenvalue weighted by molar-refractivity contribution is 6.35. The summed E-state index contributed by atoms with van der Waals surface area (Å²) in [4.78, 5) is 2.20. The van der Waals surface area contributed by atoms with E-state index in [9.17, 15) is 13.2 Å². The van der Waals surface area contributed by atoms with Crippen LogP contribution < -0.4 is 14.6 Å². The SMILES string of the molecule is CC[C@H]1C(C)C(C(F)(F)F)=NN1c1ccc(OC2CCN(c3cc(Cl)ccc3Cl)CC2)cc1. The van der Waals surface area contributed by atoms with Crippen LogP contribution in [-0.4, -0.2) is 37.1 Å².